The highest BCUT2D eigenvalue weighted by Gasteiger charge is 2.24. The third-order valence-corrected chi connectivity index (χ3v) is 3.37. The summed E-state index contributed by atoms with van der Waals surface area (Å²) in [4.78, 5) is 0. The number of nitrogens with one attached hydrogen (secondary N) is 1. The van der Waals surface area contributed by atoms with Crippen molar-refractivity contribution < 1.29 is 0 Å². The zero-order valence-electron chi connectivity index (χ0n) is 10.3. The lowest BCUT2D eigenvalue weighted by Crippen LogP contribution is -2.33. The van der Waals surface area contributed by atoms with Gasteiger partial charge in [0.2, 0.25) is 0 Å². The Hall–Kier alpha value is -0.0400. The van der Waals surface area contributed by atoms with E-state index >= 15 is 0 Å². The maximum atomic E-state index is 3.69. The molecular weight excluding hydrogens is 170 g/mol. The van der Waals surface area contributed by atoms with E-state index in [2.05, 4.69) is 33.0 Å². The minimum absolute atomic E-state index is 0.717. The Bertz CT molecular complexity index is 149. The second kappa shape index (κ2) is 5.75. The summed E-state index contributed by atoms with van der Waals surface area (Å²) in [7, 11) is 0. The molecule has 0 aromatic heterocycles. The Kier molecular flexibility index (Phi) is 4.94. The predicted molar refractivity (Wildman–Crippen MR) is 63.5 cm³/mol. The van der Waals surface area contributed by atoms with E-state index in [-0.39, 0.29) is 0 Å². The highest BCUT2D eigenvalue weighted by molar-refractivity contribution is 4.84. The van der Waals surface area contributed by atoms with Crippen LogP contribution in [0.15, 0.2) is 0 Å². The van der Waals surface area contributed by atoms with Gasteiger partial charge in [0.15, 0.2) is 0 Å². The minimum atomic E-state index is 0.717. The molecule has 0 amide bonds. The van der Waals surface area contributed by atoms with E-state index in [0.29, 0.717) is 0 Å². The van der Waals surface area contributed by atoms with Gasteiger partial charge in [-0.15, -0.1) is 0 Å². The Morgan fingerprint density at radius 2 is 1.71 bits per heavy atom. The van der Waals surface area contributed by atoms with Gasteiger partial charge in [0, 0.05) is 12.1 Å². The largest absolute Gasteiger partial charge is 0.311 e. The smallest absolute Gasteiger partial charge is 0.00708 e. The van der Waals surface area contributed by atoms with Gasteiger partial charge in [-0.05, 0) is 38.0 Å². The standard InChI is InChI=1S/C13H27N/c1-10(2)6-5-7-11(3)12(4)14-13-8-9-13/h10-14H,5-9H2,1-4H3. The van der Waals surface area contributed by atoms with Crippen LogP contribution in [0.25, 0.3) is 0 Å². The van der Waals surface area contributed by atoms with Crippen LogP contribution in [0, 0.1) is 11.8 Å². The van der Waals surface area contributed by atoms with Crippen molar-refractivity contribution in [3.63, 3.8) is 0 Å². The lowest BCUT2D eigenvalue weighted by molar-refractivity contribution is 0.357. The van der Waals surface area contributed by atoms with E-state index in [1.807, 2.05) is 0 Å². The van der Waals surface area contributed by atoms with Crippen LogP contribution in [0.4, 0.5) is 0 Å². The molecule has 0 aliphatic heterocycles. The Labute approximate surface area is 89.7 Å². The topological polar surface area (TPSA) is 12.0 Å². The summed E-state index contributed by atoms with van der Waals surface area (Å²) in [5, 5.41) is 3.69. The van der Waals surface area contributed by atoms with Gasteiger partial charge >= 0.3 is 0 Å². The monoisotopic (exact) mass is 197 g/mol. The highest BCUT2D eigenvalue weighted by atomic mass is 15.0. The van der Waals surface area contributed by atoms with E-state index in [0.717, 1.165) is 23.9 Å². The van der Waals surface area contributed by atoms with Gasteiger partial charge in [0.1, 0.15) is 0 Å². The van der Waals surface area contributed by atoms with Gasteiger partial charge in [-0.1, -0.05) is 33.6 Å². The summed E-state index contributed by atoms with van der Waals surface area (Å²) in [5.74, 6) is 1.71. The van der Waals surface area contributed by atoms with Crippen molar-refractivity contribution in [3.8, 4) is 0 Å². The second-order valence-electron chi connectivity index (χ2n) is 5.53. The van der Waals surface area contributed by atoms with E-state index < -0.39 is 0 Å². The molecule has 0 heterocycles. The molecule has 1 aliphatic rings. The van der Waals surface area contributed by atoms with Crippen LogP contribution in [-0.4, -0.2) is 12.1 Å². The van der Waals surface area contributed by atoms with Crippen LogP contribution >= 0.6 is 0 Å². The molecule has 1 saturated carbocycles. The van der Waals surface area contributed by atoms with Crippen molar-refractivity contribution >= 4 is 0 Å². The van der Waals surface area contributed by atoms with Crippen LogP contribution in [0.2, 0.25) is 0 Å². The first-order chi connectivity index (χ1) is 6.59. The van der Waals surface area contributed by atoms with Crippen molar-refractivity contribution in [2.75, 3.05) is 0 Å². The summed E-state index contributed by atoms with van der Waals surface area (Å²) in [6, 6.07) is 1.58. The van der Waals surface area contributed by atoms with Gasteiger partial charge in [-0.25, -0.2) is 0 Å². The molecule has 2 unspecified atom stereocenters. The van der Waals surface area contributed by atoms with E-state index in [9.17, 15) is 0 Å². The van der Waals surface area contributed by atoms with Crippen molar-refractivity contribution in [2.24, 2.45) is 11.8 Å². The number of hydrogen-bond donors (Lipinski definition) is 1. The van der Waals surface area contributed by atoms with Gasteiger partial charge in [0.05, 0.1) is 0 Å². The molecule has 0 saturated heterocycles. The number of hydrogen-bond acceptors (Lipinski definition) is 1. The second-order valence-corrected chi connectivity index (χ2v) is 5.53. The molecule has 1 aliphatic carbocycles. The normalized spacial score (nSPS) is 21.2. The quantitative estimate of drug-likeness (QED) is 0.657. The molecule has 1 N–H and O–H groups in total. The first kappa shape index (κ1) is 12.0. The van der Waals surface area contributed by atoms with Crippen molar-refractivity contribution in [1.29, 1.82) is 0 Å². The van der Waals surface area contributed by atoms with E-state index in [1.165, 1.54) is 32.1 Å². The molecule has 0 radical (unpaired) electrons. The predicted octanol–water partition coefficient (Wildman–Crippen LogP) is 3.59. The fraction of sp³-hybridized carbons (Fsp3) is 1.00. The SMILES string of the molecule is CC(C)CCCC(C)C(C)NC1CC1. The zero-order chi connectivity index (χ0) is 10.6. The van der Waals surface area contributed by atoms with Crippen LogP contribution in [0.1, 0.15) is 59.8 Å². The lowest BCUT2D eigenvalue weighted by atomic mass is 9.94. The zero-order valence-corrected chi connectivity index (χ0v) is 10.3. The van der Waals surface area contributed by atoms with Crippen molar-refractivity contribution in [3.05, 3.63) is 0 Å². The average molecular weight is 197 g/mol. The fourth-order valence-electron chi connectivity index (χ4n) is 1.88. The molecule has 14 heavy (non-hydrogen) atoms. The summed E-state index contributed by atoms with van der Waals surface area (Å²) >= 11 is 0. The lowest BCUT2D eigenvalue weighted by Gasteiger charge is -2.21. The van der Waals surface area contributed by atoms with Gasteiger partial charge in [0.25, 0.3) is 0 Å². The van der Waals surface area contributed by atoms with Crippen LogP contribution in [0.5, 0.6) is 0 Å². The molecule has 1 heteroatoms. The van der Waals surface area contributed by atoms with Gasteiger partial charge < -0.3 is 5.32 Å². The average Bonchev–Trinajstić information content (AvgIpc) is 2.87. The minimum Gasteiger partial charge on any atom is -0.311 e. The molecule has 1 fully saturated rings. The summed E-state index contributed by atoms with van der Waals surface area (Å²) in [6.07, 6.45) is 6.99. The van der Waals surface area contributed by atoms with E-state index in [1.54, 1.807) is 0 Å². The summed E-state index contributed by atoms with van der Waals surface area (Å²) in [6.45, 7) is 9.37. The Morgan fingerprint density at radius 3 is 2.21 bits per heavy atom. The van der Waals surface area contributed by atoms with Crippen molar-refractivity contribution in [2.45, 2.75) is 71.9 Å². The van der Waals surface area contributed by atoms with Crippen molar-refractivity contribution in [1.82, 2.24) is 5.32 Å². The third-order valence-electron chi connectivity index (χ3n) is 3.37. The van der Waals surface area contributed by atoms with Crippen LogP contribution < -0.4 is 5.32 Å². The fourth-order valence-corrected chi connectivity index (χ4v) is 1.88. The molecule has 0 aromatic rings. The van der Waals surface area contributed by atoms with Gasteiger partial charge in [-0.3, -0.25) is 0 Å². The third kappa shape index (κ3) is 4.99. The van der Waals surface area contributed by atoms with E-state index in [4.69, 9.17) is 0 Å². The molecule has 0 bridgehead atoms. The summed E-state index contributed by atoms with van der Waals surface area (Å²) < 4.78 is 0. The van der Waals surface area contributed by atoms with Gasteiger partial charge in [-0.2, -0.15) is 0 Å². The first-order valence-electron chi connectivity index (χ1n) is 6.35. The molecule has 0 aromatic carbocycles. The molecule has 1 rings (SSSR count). The molecule has 2 atom stereocenters. The highest BCUT2D eigenvalue weighted by Crippen LogP contribution is 2.22. The van der Waals surface area contributed by atoms with Crippen LogP contribution in [-0.2, 0) is 0 Å². The maximum absolute atomic E-state index is 3.69. The maximum Gasteiger partial charge on any atom is 0.00708 e. The molecular formula is C13H27N. The molecule has 1 nitrogen and oxygen atoms in total. The summed E-state index contributed by atoms with van der Waals surface area (Å²) in [5.41, 5.74) is 0. The first-order valence-corrected chi connectivity index (χ1v) is 6.35. The molecule has 84 valence electrons. The van der Waals surface area contributed by atoms with Crippen LogP contribution in [0.3, 0.4) is 0 Å². The Morgan fingerprint density at radius 1 is 1.07 bits per heavy atom. The number of rotatable bonds is 7. The molecule has 0 spiro atoms. The Balaban J connectivity index is 2.03.